The van der Waals surface area contributed by atoms with Crippen LogP contribution >= 0.6 is 22.7 Å². The van der Waals surface area contributed by atoms with Crippen LogP contribution in [0.1, 0.15) is 45.5 Å². The van der Waals surface area contributed by atoms with Crippen LogP contribution in [0.5, 0.6) is 0 Å². The molecule has 0 saturated carbocycles. The predicted molar refractivity (Wildman–Crippen MR) is 109 cm³/mol. The van der Waals surface area contributed by atoms with E-state index in [9.17, 15) is 14.4 Å². The van der Waals surface area contributed by atoms with Crippen molar-refractivity contribution >= 4 is 45.3 Å². The highest BCUT2D eigenvalue weighted by Crippen LogP contribution is 2.31. The van der Waals surface area contributed by atoms with E-state index in [2.05, 4.69) is 10.3 Å². The Morgan fingerprint density at radius 2 is 1.81 bits per heavy atom. The molecule has 3 aromatic rings. The van der Waals surface area contributed by atoms with Gasteiger partial charge in [-0.15, -0.1) is 11.3 Å². The number of hydrogen-bond donors (Lipinski definition) is 1. The molecule has 1 aromatic carbocycles. The lowest BCUT2D eigenvalue weighted by Gasteiger charge is -2.01. The van der Waals surface area contributed by atoms with Gasteiger partial charge in [0, 0.05) is 25.3 Å². The van der Waals surface area contributed by atoms with Crippen LogP contribution in [-0.4, -0.2) is 22.5 Å². The molecule has 1 amide bonds. The van der Waals surface area contributed by atoms with E-state index in [1.807, 2.05) is 41.8 Å². The summed E-state index contributed by atoms with van der Waals surface area (Å²) in [5, 5.41) is 5.00. The number of benzene rings is 1. The molecule has 0 aliphatic carbocycles. The van der Waals surface area contributed by atoms with E-state index in [-0.39, 0.29) is 23.9 Å². The lowest BCUT2D eigenvalue weighted by Crippen LogP contribution is -2.11. The number of nitrogens with zero attached hydrogens (tertiary/aromatic N) is 1. The van der Waals surface area contributed by atoms with Gasteiger partial charge in [0.05, 0.1) is 15.4 Å². The highest BCUT2D eigenvalue weighted by atomic mass is 32.1. The second kappa shape index (κ2) is 8.83. The summed E-state index contributed by atoms with van der Waals surface area (Å²) >= 11 is 2.58. The Hall–Kier alpha value is -2.64. The number of amides is 1. The average molecular weight is 399 g/mol. The molecule has 27 heavy (non-hydrogen) atoms. The Kier molecular flexibility index (Phi) is 6.26. The molecule has 0 unspecified atom stereocenters. The number of aromatic nitrogens is 1. The van der Waals surface area contributed by atoms with Crippen molar-refractivity contribution in [1.82, 2.24) is 4.98 Å². The number of thiazole rings is 1. The summed E-state index contributed by atoms with van der Waals surface area (Å²) in [4.78, 5) is 41.7. The maximum atomic E-state index is 12.2. The van der Waals surface area contributed by atoms with Crippen molar-refractivity contribution in [3.63, 3.8) is 0 Å². The van der Waals surface area contributed by atoms with E-state index in [1.54, 1.807) is 6.07 Å². The SMILES string of the molecule is CC(=O)c1sc(NC(=O)CCCC(=O)c2cccs2)nc1-c1ccccc1. The lowest BCUT2D eigenvalue weighted by atomic mass is 10.1. The minimum Gasteiger partial charge on any atom is -0.302 e. The van der Waals surface area contributed by atoms with E-state index < -0.39 is 0 Å². The number of carbonyl (C=O) groups excluding carboxylic acids is 3. The minimum atomic E-state index is -0.211. The van der Waals surface area contributed by atoms with Crippen molar-refractivity contribution in [2.75, 3.05) is 5.32 Å². The average Bonchev–Trinajstić information content (AvgIpc) is 3.32. The van der Waals surface area contributed by atoms with Crippen molar-refractivity contribution in [2.45, 2.75) is 26.2 Å². The number of rotatable bonds is 8. The van der Waals surface area contributed by atoms with Crippen LogP contribution in [0.3, 0.4) is 0 Å². The molecule has 1 N–H and O–H groups in total. The number of ketones is 2. The molecule has 0 bridgehead atoms. The molecule has 5 nitrogen and oxygen atoms in total. The first-order chi connectivity index (χ1) is 13.0. The third kappa shape index (κ3) is 4.96. The first kappa shape index (κ1) is 19.1. The van der Waals surface area contributed by atoms with Crippen molar-refractivity contribution in [2.24, 2.45) is 0 Å². The quantitative estimate of drug-likeness (QED) is 0.538. The molecule has 0 atom stereocenters. The number of thiophene rings is 1. The monoisotopic (exact) mass is 398 g/mol. The van der Waals surface area contributed by atoms with Crippen LogP contribution in [0.4, 0.5) is 5.13 Å². The molecule has 0 fully saturated rings. The van der Waals surface area contributed by atoms with Crippen LogP contribution < -0.4 is 5.32 Å². The third-order valence-corrected chi connectivity index (χ3v) is 5.83. The summed E-state index contributed by atoms with van der Waals surface area (Å²) in [6.07, 6.45) is 1.03. The van der Waals surface area contributed by atoms with Crippen molar-refractivity contribution in [1.29, 1.82) is 0 Å². The summed E-state index contributed by atoms with van der Waals surface area (Å²) in [7, 11) is 0. The molecule has 0 spiro atoms. The van der Waals surface area contributed by atoms with Gasteiger partial charge in [0.1, 0.15) is 0 Å². The minimum absolute atomic E-state index is 0.0530. The van der Waals surface area contributed by atoms with E-state index >= 15 is 0 Å². The van der Waals surface area contributed by atoms with Gasteiger partial charge in [-0.1, -0.05) is 47.7 Å². The van der Waals surface area contributed by atoms with Gasteiger partial charge in [0.15, 0.2) is 16.7 Å². The molecular formula is C20H18N2O3S2. The summed E-state index contributed by atoms with van der Waals surface area (Å²) in [6, 6.07) is 13.0. The fourth-order valence-corrected chi connectivity index (χ4v) is 4.15. The van der Waals surface area contributed by atoms with E-state index in [0.717, 1.165) is 5.56 Å². The number of carbonyl (C=O) groups is 3. The molecule has 7 heteroatoms. The zero-order valence-corrected chi connectivity index (χ0v) is 16.4. The van der Waals surface area contributed by atoms with Gasteiger partial charge in [0.25, 0.3) is 0 Å². The molecule has 0 saturated heterocycles. The Morgan fingerprint density at radius 1 is 1.04 bits per heavy atom. The zero-order valence-electron chi connectivity index (χ0n) is 14.7. The van der Waals surface area contributed by atoms with Crippen molar-refractivity contribution in [3.8, 4) is 11.3 Å². The van der Waals surface area contributed by atoms with Crippen LogP contribution in [0.25, 0.3) is 11.3 Å². The predicted octanol–water partition coefficient (Wildman–Crippen LogP) is 5.07. The normalized spacial score (nSPS) is 10.6. The van der Waals surface area contributed by atoms with Gasteiger partial charge in [-0.2, -0.15) is 0 Å². The Labute approximate surface area is 165 Å². The fourth-order valence-electron chi connectivity index (χ4n) is 2.56. The van der Waals surface area contributed by atoms with E-state index in [0.29, 0.717) is 33.4 Å². The lowest BCUT2D eigenvalue weighted by molar-refractivity contribution is -0.116. The summed E-state index contributed by atoms with van der Waals surface area (Å²) in [6.45, 7) is 1.49. The standard InChI is InChI=1S/C20H18N2O3S2/c1-13(23)19-18(14-7-3-2-4-8-14)22-20(27-19)21-17(25)11-5-9-15(24)16-10-6-12-26-16/h2-4,6-8,10,12H,5,9,11H2,1H3,(H,21,22,25). The maximum absolute atomic E-state index is 12.2. The highest BCUT2D eigenvalue weighted by molar-refractivity contribution is 7.18. The van der Waals surface area contributed by atoms with Gasteiger partial charge in [-0.05, 0) is 17.9 Å². The Bertz CT molecular complexity index is 947. The molecule has 2 aromatic heterocycles. The van der Waals surface area contributed by atoms with Gasteiger partial charge < -0.3 is 5.32 Å². The summed E-state index contributed by atoms with van der Waals surface area (Å²) < 4.78 is 0. The van der Waals surface area contributed by atoms with Crippen molar-refractivity contribution in [3.05, 3.63) is 57.6 Å². The largest absolute Gasteiger partial charge is 0.302 e. The Balaban J connectivity index is 1.61. The first-order valence-corrected chi connectivity index (χ1v) is 10.2. The molecule has 138 valence electrons. The number of hydrogen-bond acceptors (Lipinski definition) is 6. The molecule has 0 aliphatic heterocycles. The van der Waals surface area contributed by atoms with Gasteiger partial charge in [-0.25, -0.2) is 4.98 Å². The van der Waals surface area contributed by atoms with Crippen molar-refractivity contribution < 1.29 is 14.4 Å². The smallest absolute Gasteiger partial charge is 0.226 e. The summed E-state index contributed by atoms with van der Waals surface area (Å²) in [5.41, 5.74) is 1.41. The Morgan fingerprint density at radius 3 is 2.48 bits per heavy atom. The van der Waals surface area contributed by atoms with Gasteiger partial charge in [0.2, 0.25) is 5.91 Å². The molecule has 0 radical (unpaired) electrons. The number of anilines is 1. The highest BCUT2D eigenvalue weighted by Gasteiger charge is 2.18. The summed E-state index contributed by atoms with van der Waals surface area (Å²) in [5.74, 6) is -0.247. The van der Waals surface area contributed by atoms with Crippen LogP contribution in [0, 0.1) is 0 Å². The van der Waals surface area contributed by atoms with Crippen LogP contribution in [0.15, 0.2) is 47.8 Å². The van der Waals surface area contributed by atoms with Crippen LogP contribution in [0.2, 0.25) is 0 Å². The number of nitrogens with one attached hydrogen (secondary N) is 1. The molecule has 2 heterocycles. The topological polar surface area (TPSA) is 76.1 Å². The number of Topliss-reactive ketones (excluding diaryl/α,β-unsaturated/α-hetero) is 2. The third-order valence-electron chi connectivity index (χ3n) is 3.84. The first-order valence-electron chi connectivity index (χ1n) is 8.48. The van der Waals surface area contributed by atoms with E-state index in [4.69, 9.17) is 0 Å². The van der Waals surface area contributed by atoms with E-state index in [1.165, 1.54) is 29.6 Å². The molecule has 0 aliphatic rings. The maximum Gasteiger partial charge on any atom is 0.226 e. The molecule has 3 rings (SSSR count). The van der Waals surface area contributed by atoms with Gasteiger partial charge >= 0.3 is 0 Å². The zero-order chi connectivity index (χ0) is 19.2. The second-order valence-corrected chi connectivity index (χ2v) is 7.87. The fraction of sp³-hybridized carbons (Fsp3) is 0.200. The molecular weight excluding hydrogens is 380 g/mol. The second-order valence-electron chi connectivity index (χ2n) is 5.92. The van der Waals surface area contributed by atoms with Crippen LogP contribution in [-0.2, 0) is 4.79 Å². The van der Waals surface area contributed by atoms with Gasteiger partial charge in [-0.3, -0.25) is 14.4 Å².